The molecule has 0 bridgehead atoms. The Balaban J connectivity index is 1.73. The summed E-state index contributed by atoms with van der Waals surface area (Å²) in [6, 6.07) is 18.5. The molecule has 0 fully saturated rings. The van der Waals surface area contributed by atoms with Crippen molar-refractivity contribution >= 4 is 33.2 Å². The first kappa shape index (κ1) is 21.6. The summed E-state index contributed by atoms with van der Waals surface area (Å²) in [4.78, 5) is 13.5. The number of fused-ring (bicyclic) bond motifs is 1. The average Bonchev–Trinajstić information content (AvgIpc) is 2.76. The Morgan fingerprint density at radius 3 is 2.35 bits per heavy atom. The first-order valence-electron chi connectivity index (χ1n) is 9.98. The van der Waals surface area contributed by atoms with Crippen molar-refractivity contribution in [1.82, 2.24) is 4.31 Å². The molecule has 1 aliphatic rings. The van der Waals surface area contributed by atoms with Gasteiger partial charge in [0.05, 0.1) is 4.90 Å². The minimum atomic E-state index is -3.91. The van der Waals surface area contributed by atoms with Crippen LogP contribution in [0.25, 0.3) is 0 Å². The summed E-state index contributed by atoms with van der Waals surface area (Å²) < 4.78 is 28.3. The van der Waals surface area contributed by atoms with Crippen LogP contribution in [0.3, 0.4) is 0 Å². The summed E-state index contributed by atoms with van der Waals surface area (Å²) in [5, 5.41) is 3.40. The number of rotatable bonds is 4. The lowest BCUT2D eigenvalue weighted by molar-refractivity contribution is -0.120. The van der Waals surface area contributed by atoms with E-state index in [1.54, 1.807) is 0 Å². The van der Waals surface area contributed by atoms with Gasteiger partial charge in [0.1, 0.15) is 6.04 Å². The SMILES string of the molecule is Cc1cccc(NC(=O)[C@@H]2Cc3ccccc3CN2S(=O)(=O)c2ccc(Cl)cc2)c1C. The van der Waals surface area contributed by atoms with Gasteiger partial charge in [-0.05, 0) is 72.9 Å². The van der Waals surface area contributed by atoms with Gasteiger partial charge in [-0.25, -0.2) is 8.42 Å². The van der Waals surface area contributed by atoms with Gasteiger partial charge in [-0.2, -0.15) is 4.31 Å². The van der Waals surface area contributed by atoms with E-state index < -0.39 is 16.1 Å². The first-order valence-corrected chi connectivity index (χ1v) is 11.8. The highest BCUT2D eigenvalue weighted by molar-refractivity contribution is 7.89. The molecular formula is C24H23ClN2O3S. The standard InChI is InChI=1S/C24H23ClN2O3S/c1-16-6-5-9-22(17(16)2)26-24(28)23-14-18-7-3-4-8-19(18)15-27(23)31(29,30)21-12-10-20(25)11-13-21/h3-13,23H,14-15H2,1-2H3,(H,26,28)/t23-/m0/s1. The van der Waals surface area contributed by atoms with Gasteiger partial charge in [0.2, 0.25) is 15.9 Å². The molecule has 1 amide bonds. The number of halogens is 1. The Hall–Kier alpha value is -2.67. The van der Waals surface area contributed by atoms with Gasteiger partial charge in [-0.15, -0.1) is 0 Å². The lowest BCUT2D eigenvalue weighted by atomic mass is 9.95. The summed E-state index contributed by atoms with van der Waals surface area (Å²) in [5.41, 5.74) is 4.58. The topological polar surface area (TPSA) is 66.5 Å². The zero-order valence-electron chi connectivity index (χ0n) is 17.3. The molecule has 7 heteroatoms. The number of anilines is 1. The third kappa shape index (κ3) is 4.24. The number of amides is 1. The molecule has 3 aromatic carbocycles. The van der Waals surface area contributed by atoms with Crippen LogP contribution in [-0.2, 0) is 27.8 Å². The highest BCUT2D eigenvalue weighted by Gasteiger charge is 2.39. The molecule has 1 atom stereocenters. The molecule has 0 radical (unpaired) electrons. The summed E-state index contributed by atoms with van der Waals surface area (Å²) in [6.07, 6.45) is 0.305. The molecule has 3 aromatic rings. The second-order valence-corrected chi connectivity index (χ2v) is 10.1. The molecule has 0 saturated carbocycles. The Labute approximate surface area is 187 Å². The Morgan fingerprint density at radius 1 is 0.968 bits per heavy atom. The number of hydrogen-bond donors (Lipinski definition) is 1. The van der Waals surface area contributed by atoms with Gasteiger partial charge in [-0.3, -0.25) is 4.79 Å². The van der Waals surface area contributed by atoms with E-state index in [0.29, 0.717) is 17.1 Å². The van der Waals surface area contributed by atoms with Crippen molar-refractivity contribution < 1.29 is 13.2 Å². The third-order valence-corrected chi connectivity index (χ3v) is 7.91. The third-order valence-electron chi connectivity index (χ3n) is 5.79. The lowest BCUT2D eigenvalue weighted by Crippen LogP contribution is -2.50. The van der Waals surface area contributed by atoms with Gasteiger partial charge in [0, 0.05) is 17.3 Å². The average molecular weight is 455 g/mol. The maximum Gasteiger partial charge on any atom is 0.244 e. The van der Waals surface area contributed by atoms with Crippen molar-refractivity contribution in [2.24, 2.45) is 0 Å². The molecule has 0 aliphatic carbocycles. The largest absolute Gasteiger partial charge is 0.324 e. The van der Waals surface area contributed by atoms with Crippen LogP contribution < -0.4 is 5.32 Å². The van der Waals surface area contributed by atoms with E-state index in [1.807, 2.05) is 56.3 Å². The molecule has 0 saturated heterocycles. The fourth-order valence-electron chi connectivity index (χ4n) is 3.82. The molecule has 1 aliphatic heterocycles. The quantitative estimate of drug-likeness (QED) is 0.620. The fourth-order valence-corrected chi connectivity index (χ4v) is 5.51. The Bertz CT molecular complexity index is 1240. The monoisotopic (exact) mass is 454 g/mol. The normalized spacial score (nSPS) is 16.5. The number of benzene rings is 3. The fraction of sp³-hybridized carbons (Fsp3) is 0.208. The van der Waals surface area contributed by atoms with E-state index in [4.69, 9.17) is 11.6 Å². The minimum absolute atomic E-state index is 0.112. The predicted octanol–water partition coefficient (Wildman–Crippen LogP) is 4.71. The number of sulfonamides is 1. The van der Waals surface area contributed by atoms with E-state index in [2.05, 4.69) is 5.32 Å². The predicted molar refractivity (Wildman–Crippen MR) is 123 cm³/mol. The first-order chi connectivity index (χ1) is 14.8. The number of aryl methyl sites for hydroxylation is 1. The molecular weight excluding hydrogens is 432 g/mol. The van der Waals surface area contributed by atoms with Crippen molar-refractivity contribution in [2.75, 3.05) is 5.32 Å². The van der Waals surface area contributed by atoms with Crippen molar-refractivity contribution in [2.45, 2.75) is 37.8 Å². The molecule has 4 rings (SSSR count). The summed E-state index contributed by atoms with van der Waals surface area (Å²) in [6.45, 7) is 4.04. The van der Waals surface area contributed by atoms with Crippen LogP contribution in [0, 0.1) is 13.8 Å². The minimum Gasteiger partial charge on any atom is -0.324 e. The lowest BCUT2D eigenvalue weighted by Gasteiger charge is -2.35. The van der Waals surface area contributed by atoms with Gasteiger partial charge < -0.3 is 5.32 Å². The van der Waals surface area contributed by atoms with Crippen LogP contribution >= 0.6 is 11.6 Å². The van der Waals surface area contributed by atoms with Crippen LogP contribution in [0.5, 0.6) is 0 Å². The van der Waals surface area contributed by atoms with E-state index in [-0.39, 0.29) is 17.3 Å². The molecule has 160 valence electrons. The Kier molecular flexibility index (Phi) is 5.88. The van der Waals surface area contributed by atoms with Gasteiger partial charge in [0.25, 0.3) is 0 Å². The second-order valence-electron chi connectivity index (χ2n) is 7.73. The smallest absolute Gasteiger partial charge is 0.244 e. The van der Waals surface area contributed by atoms with E-state index >= 15 is 0 Å². The highest BCUT2D eigenvalue weighted by atomic mass is 35.5. The van der Waals surface area contributed by atoms with Crippen molar-refractivity contribution in [3.05, 3.63) is 94.0 Å². The molecule has 0 spiro atoms. The highest BCUT2D eigenvalue weighted by Crippen LogP contribution is 2.30. The van der Waals surface area contributed by atoms with Crippen molar-refractivity contribution in [1.29, 1.82) is 0 Å². The zero-order valence-corrected chi connectivity index (χ0v) is 18.9. The van der Waals surface area contributed by atoms with E-state index in [1.165, 1.54) is 28.6 Å². The van der Waals surface area contributed by atoms with E-state index in [9.17, 15) is 13.2 Å². The second kappa shape index (κ2) is 8.46. The maximum atomic E-state index is 13.5. The van der Waals surface area contributed by atoms with Crippen LogP contribution in [0.1, 0.15) is 22.3 Å². The maximum absolute atomic E-state index is 13.5. The van der Waals surface area contributed by atoms with Crippen LogP contribution in [0.2, 0.25) is 5.02 Å². The number of nitrogens with one attached hydrogen (secondary N) is 1. The van der Waals surface area contributed by atoms with Gasteiger partial charge >= 0.3 is 0 Å². The number of carbonyl (C=O) groups excluding carboxylic acids is 1. The molecule has 5 nitrogen and oxygen atoms in total. The number of nitrogens with zero attached hydrogens (tertiary/aromatic N) is 1. The Morgan fingerprint density at radius 2 is 1.65 bits per heavy atom. The van der Waals surface area contributed by atoms with Crippen molar-refractivity contribution in [3.63, 3.8) is 0 Å². The zero-order chi connectivity index (χ0) is 22.2. The number of hydrogen-bond acceptors (Lipinski definition) is 3. The summed E-state index contributed by atoms with van der Waals surface area (Å²) in [5.74, 6) is -0.347. The summed E-state index contributed by atoms with van der Waals surface area (Å²) in [7, 11) is -3.91. The molecule has 1 N–H and O–H groups in total. The summed E-state index contributed by atoms with van der Waals surface area (Å²) >= 11 is 5.94. The van der Waals surface area contributed by atoms with Crippen LogP contribution in [0.15, 0.2) is 71.6 Å². The van der Waals surface area contributed by atoms with Gasteiger partial charge in [0.15, 0.2) is 0 Å². The van der Waals surface area contributed by atoms with Crippen LogP contribution in [-0.4, -0.2) is 24.7 Å². The van der Waals surface area contributed by atoms with E-state index in [0.717, 1.165) is 22.3 Å². The van der Waals surface area contributed by atoms with Crippen molar-refractivity contribution in [3.8, 4) is 0 Å². The molecule has 31 heavy (non-hydrogen) atoms. The van der Waals surface area contributed by atoms with Crippen LogP contribution in [0.4, 0.5) is 5.69 Å². The molecule has 0 aromatic heterocycles. The molecule has 0 unspecified atom stereocenters. The number of carbonyl (C=O) groups is 1. The van der Waals surface area contributed by atoms with Gasteiger partial charge in [-0.1, -0.05) is 48.0 Å². The molecule has 1 heterocycles.